The van der Waals surface area contributed by atoms with Crippen LogP contribution in [0.15, 0.2) is 39.6 Å². The largest absolute Gasteiger partial charge is 0.477 e. The minimum absolute atomic E-state index is 0.0861. The van der Waals surface area contributed by atoms with Crippen LogP contribution in [0.5, 0.6) is 0 Å². The minimum Gasteiger partial charge on any atom is -0.477 e. The van der Waals surface area contributed by atoms with Gasteiger partial charge >= 0.3 is 5.97 Å². The van der Waals surface area contributed by atoms with Gasteiger partial charge in [0, 0.05) is 16.9 Å². The van der Waals surface area contributed by atoms with Crippen molar-refractivity contribution in [3.8, 4) is 12.3 Å². The van der Waals surface area contributed by atoms with Crippen LogP contribution in [0, 0.1) is 12.3 Å². The van der Waals surface area contributed by atoms with Crippen molar-refractivity contribution < 1.29 is 29.1 Å². The molecule has 18 heteroatoms. The molecule has 4 rings (SSSR count). The van der Waals surface area contributed by atoms with Gasteiger partial charge in [0.15, 0.2) is 17.5 Å². The van der Waals surface area contributed by atoms with Crippen molar-refractivity contribution in [2.75, 3.05) is 23.4 Å². The highest BCUT2D eigenvalue weighted by molar-refractivity contribution is 8.01. The van der Waals surface area contributed by atoms with E-state index in [0.717, 1.165) is 16.2 Å². The van der Waals surface area contributed by atoms with Crippen molar-refractivity contribution in [2.24, 2.45) is 5.16 Å². The summed E-state index contributed by atoms with van der Waals surface area (Å²) in [7, 11) is 0. The predicted molar refractivity (Wildman–Crippen MR) is 142 cm³/mol. The van der Waals surface area contributed by atoms with E-state index in [-0.39, 0.29) is 34.6 Å². The summed E-state index contributed by atoms with van der Waals surface area (Å²) in [4.78, 5) is 59.2. The number of oxime groups is 1. The van der Waals surface area contributed by atoms with Gasteiger partial charge in [0.1, 0.15) is 22.8 Å². The smallest absolute Gasteiger partial charge is 0.352 e. The minimum atomic E-state index is -1.26. The molecular weight excluding hydrogens is 570 g/mol. The monoisotopic (exact) mass is 589 g/mol. The first-order chi connectivity index (χ1) is 18.9. The molecule has 3 N–H and O–H groups in total. The maximum Gasteiger partial charge on any atom is 0.352 e. The van der Waals surface area contributed by atoms with E-state index in [4.69, 9.17) is 11.3 Å². The molecule has 2 aliphatic heterocycles. The zero-order chi connectivity index (χ0) is 27.9. The number of nitrogens with zero attached hydrogens (tertiary/aromatic N) is 7. The van der Waals surface area contributed by atoms with Gasteiger partial charge in [0.2, 0.25) is 11.6 Å². The SMILES string of the molecule is C#CCON=C(C(=O)NC1C(=O)N2C(C(=O)O)=C(CSc3nnnn3CC=C)CS[C@@H]12)c1csc(NC=O)n1. The molecule has 2 aromatic rings. The van der Waals surface area contributed by atoms with Gasteiger partial charge in [-0.2, -0.15) is 0 Å². The zero-order valence-electron chi connectivity index (χ0n) is 19.8. The number of tetrazole rings is 1. The third-order valence-electron chi connectivity index (χ3n) is 5.16. The molecular formula is C21H19N9O6S3. The van der Waals surface area contributed by atoms with E-state index in [1.807, 2.05) is 0 Å². The van der Waals surface area contributed by atoms with Crippen molar-refractivity contribution in [2.45, 2.75) is 23.1 Å². The van der Waals surface area contributed by atoms with Crippen molar-refractivity contribution in [3.63, 3.8) is 0 Å². The molecule has 0 bridgehead atoms. The van der Waals surface area contributed by atoms with Gasteiger partial charge in [0.25, 0.3) is 11.8 Å². The number of hydrogen-bond acceptors (Lipinski definition) is 13. The molecule has 0 spiro atoms. The summed E-state index contributed by atoms with van der Waals surface area (Å²) < 4.78 is 1.52. The van der Waals surface area contributed by atoms with Gasteiger partial charge in [-0.05, 0) is 16.0 Å². The van der Waals surface area contributed by atoms with Crippen LogP contribution in [0.3, 0.4) is 0 Å². The third-order valence-corrected chi connectivity index (χ3v) is 8.32. The fraction of sp³-hybridized carbons (Fsp3) is 0.286. The number of carboxylic acid groups (broad SMARTS) is 1. The van der Waals surface area contributed by atoms with Crippen LogP contribution in [0.2, 0.25) is 0 Å². The summed E-state index contributed by atoms with van der Waals surface area (Å²) in [5.74, 6) is 0.113. The average molecular weight is 590 g/mol. The number of aliphatic carboxylic acids is 1. The first-order valence-corrected chi connectivity index (χ1v) is 13.8. The number of carbonyl (C=O) groups is 4. The quantitative estimate of drug-likeness (QED) is 0.0407. The van der Waals surface area contributed by atoms with E-state index >= 15 is 0 Å². The third kappa shape index (κ3) is 5.94. The Hall–Kier alpha value is -4.21. The van der Waals surface area contributed by atoms with Crippen molar-refractivity contribution >= 4 is 69.9 Å². The van der Waals surface area contributed by atoms with Gasteiger partial charge in [-0.1, -0.05) is 28.9 Å². The Balaban J connectivity index is 1.49. The van der Waals surface area contributed by atoms with Crippen molar-refractivity contribution in [1.82, 2.24) is 35.4 Å². The summed E-state index contributed by atoms with van der Waals surface area (Å²) in [5, 5.41) is 31.5. The maximum absolute atomic E-state index is 13.1. The van der Waals surface area contributed by atoms with E-state index in [2.05, 4.69) is 48.8 Å². The zero-order valence-corrected chi connectivity index (χ0v) is 22.3. The fourth-order valence-corrected chi connectivity index (χ4v) is 6.56. The Bertz CT molecular complexity index is 1410. The number of nitrogens with one attached hydrogen (secondary N) is 2. The molecule has 1 fully saturated rings. The number of anilines is 1. The lowest BCUT2D eigenvalue weighted by Crippen LogP contribution is -2.71. The molecule has 2 aliphatic rings. The number of rotatable bonds is 13. The molecule has 15 nitrogen and oxygen atoms in total. The van der Waals surface area contributed by atoms with E-state index in [9.17, 15) is 24.3 Å². The average Bonchev–Trinajstić information content (AvgIpc) is 3.57. The standard InChI is InChI=1S/C21H19N9O6S3/c1-3-5-29-21(25-27-28-29)39-8-11-7-37-18-14(17(33)30(18)15(11)19(34)35)24-16(32)13(26-36-6-4-2)12-9-38-20(23-12)22-10-31/h2-3,9-10,14,18H,1,5-8H2,(H,24,32)(H,34,35)(H,22,23,31)/t14?,18-/m0/s1. The molecule has 202 valence electrons. The molecule has 3 amide bonds. The van der Waals surface area contributed by atoms with Crippen LogP contribution in [0.1, 0.15) is 5.69 Å². The van der Waals surface area contributed by atoms with E-state index in [1.165, 1.54) is 33.6 Å². The lowest BCUT2D eigenvalue weighted by molar-refractivity contribution is -0.150. The summed E-state index contributed by atoms with van der Waals surface area (Å²) in [6, 6.07) is -1.02. The number of hydrogen-bond donors (Lipinski definition) is 3. The van der Waals surface area contributed by atoms with Crippen LogP contribution in [-0.2, 0) is 30.6 Å². The Labute approximate surface area is 233 Å². The van der Waals surface area contributed by atoms with E-state index in [1.54, 1.807) is 6.08 Å². The van der Waals surface area contributed by atoms with Crippen LogP contribution in [0.4, 0.5) is 5.13 Å². The molecule has 0 saturated carbocycles. The number of fused-ring (bicyclic) bond motifs is 1. The molecule has 39 heavy (non-hydrogen) atoms. The molecule has 1 unspecified atom stereocenters. The van der Waals surface area contributed by atoms with Crippen LogP contribution < -0.4 is 10.6 Å². The number of terminal acetylenes is 1. The predicted octanol–water partition coefficient (Wildman–Crippen LogP) is -0.231. The van der Waals surface area contributed by atoms with Crippen LogP contribution in [0.25, 0.3) is 0 Å². The number of carboxylic acids is 1. The molecule has 2 atom stereocenters. The second-order valence-electron chi connectivity index (χ2n) is 7.56. The van der Waals surface area contributed by atoms with Gasteiger partial charge in [0.05, 0.1) is 6.54 Å². The second-order valence-corrected chi connectivity index (χ2v) is 10.5. The Morgan fingerprint density at radius 3 is 3.00 bits per heavy atom. The molecule has 4 heterocycles. The number of β-lactam (4-membered cyclic amide) rings is 1. The van der Waals surface area contributed by atoms with Gasteiger partial charge in [-0.3, -0.25) is 19.3 Å². The number of allylic oxidation sites excluding steroid dienone is 1. The van der Waals surface area contributed by atoms with Gasteiger partial charge < -0.3 is 20.6 Å². The molecule has 2 aromatic heterocycles. The normalized spacial score (nSPS) is 18.5. The molecule has 0 aliphatic carbocycles. The Morgan fingerprint density at radius 1 is 1.46 bits per heavy atom. The van der Waals surface area contributed by atoms with Gasteiger partial charge in [-0.25, -0.2) is 14.5 Å². The lowest BCUT2D eigenvalue weighted by atomic mass is 10.0. The molecule has 1 saturated heterocycles. The highest BCUT2D eigenvalue weighted by Crippen LogP contribution is 2.41. The van der Waals surface area contributed by atoms with Crippen molar-refractivity contribution in [1.29, 1.82) is 0 Å². The number of thiazole rings is 1. The summed E-state index contributed by atoms with van der Waals surface area (Å²) >= 11 is 3.59. The first-order valence-electron chi connectivity index (χ1n) is 10.9. The topological polar surface area (TPSA) is 194 Å². The fourth-order valence-electron chi connectivity index (χ4n) is 3.53. The van der Waals surface area contributed by atoms with E-state index in [0.29, 0.717) is 29.4 Å². The Morgan fingerprint density at radius 2 is 2.28 bits per heavy atom. The van der Waals surface area contributed by atoms with Gasteiger partial charge in [-0.15, -0.1) is 41.2 Å². The number of carbonyl (C=O) groups excluding carboxylic acids is 3. The lowest BCUT2D eigenvalue weighted by Gasteiger charge is -2.49. The summed E-state index contributed by atoms with van der Waals surface area (Å²) in [6.07, 6.45) is 7.22. The number of aromatic nitrogens is 5. The molecule has 0 aromatic carbocycles. The Kier molecular flexibility index (Phi) is 8.96. The highest BCUT2D eigenvalue weighted by Gasteiger charge is 2.54. The summed E-state index contributed by atoms with van der Waals surface area (Å²) in [5.41, 5.74) is 0.196. The van der Waals surface area contributed by atoms with Crippen LogP contribution >= 0.6 is 34.9 Å². The van der Waals surface area contributed by atoms with Crippen molar-refractivity contribution in [3.05, 3.63) is 35.0 Å². The molecule has 0 radical (unpaired) electrons. The highest BCUT2D eigenvalue weighted by atomic mass is 32.2. The van der Waals surface area contributed by atoms with E-state index < -0.39 is 29.2 Å². The second kappa shape index (κ2) is 12.6. The maximum atomic E-state index is 13.1. The summed E-state index contributed by atoms with van der Waals surface area (Å²) in [6.45, 7) is 3.81. The van der Waals surface area contributed by atoms with Crippen LogP contribution in [-0.4, -0.2) is 94.6 Å². The number of amides is 3. The number of thioether (sulfide) groups is 2. The first kappa shape index (κ1) is 27.8.